The Labute approximate surface area is 103 Å². The van der Waals surface area contributed by atoms with Crippen LogP contribution in [0.25, 0.3) is 0 Å². The van der Waals surface area contributed by atoms with Crippen LogP contribution in [0.5, 0.6) is 0 Å². The fourth-order valence-electron chi connectivity index (χ4n) is 2.35. The average molecular weight is 232 g/mol. The normalized spacial score (nSPS) is 19.3. The lowest BCUT2D eigenvalue weighted by Gasteiger charge is -2.21. The molecule has 1 aromatic rings. The maximum atomic E-state index is 12.1. The minimum Gasteiger partial charge on any atom is -0.315 e. The molecule has 3 nitrogen and oxygen atoms in total. The van der Waals surface area contributed by atoms with Crippen LogP contribution in [0.2, 0.25) is 0 Å². The molecule has 0 spiro atoms. The van der Waals surface area contributed by atoms with Gasteiger partial charge in [-0.1, -0.05) is 18.2 Å². The molecule has 1 heterocycles. The molecule has 1 N–H and O–H groups in total. The molecule has 92 valence electrons. The van der Waals surface area contributed by atoms with Crippen LogP contribution in [-0.4, -0.2) is 25.5 Å². The van der Waals surface area contributed by atoms with E-state index in [0.717, 1.165) is 24.2 Å². The Bertz CT molecular complexity index is 397. The van der Waals surface area contributed by atoms with E-state index in [1.165, 1.54) is 6.42 Å². The summed E-state index contributed by atoms with van der Waals surface area (Å²) in [6, 6.07) is 8.37. The van der Waals surface area contributed by atoms with Crippen LogP contribution >= 0.6 is 0 Å². The van der Waals surface area contributed by atoms with Gasteiger partial charge >= 0.3 is 0 Å². The highest BCUT2D eigenvalue weighted by atomic mass is 16.2. The van der Waals surface area contributed by atoms with Gasteiger partial charge in [-0.15, -0.1) is 0 Å². The zero-order chi connectivity index (χ0) is 12.3. The van der Waals surface area contributed by atoms with Gasteiger partial charge in [-0.2, -0.15) is 0 Å². The lowest BCUT2D eigenvalue weighted by molar-refractivity contribution is -0.118. The van der Waals surface area contributed by atoms with E-state index in [0.29, 0.717) is 12.5 Å². The maximum Gasteiger partial charge on any atom is 0.228 e. The minimum atomic E-state index is 0.193. The third-order valence-corrected chi connectivity index (χ3v) is 3.43. The first kappa shape index (κ1) is 12.1. The molecule has 1 amide bonds. The molecule has 3 heteroatoms. The van der Waals surface area contributed by atoms with E-state index in [4.69, 9.17) is 0 Å². The summed E-state index contributed by atoms with van der Waals surface area (Å²) in [7, 11) is 1.86. The minimum absolute atomic E-state index is 0.193. The van der Waals surface area contributed by atoms with Crippen molar-refractivity contribution in [3.63, 3.8) is 0 Å². The number of hydrogen-bond acceptors (Lipinski definition) is 2. The van der Waals surface area contributed by atoms with Crippen molar-refractivity contribution in [3.05, 3.63) is 29.8 Å². The molecule has 1 atom stereocenters. The molecule has 2 rings (SSSR count). The molecule has 1 aromatic carbocycles. The van der Waals surface area contributed by atoms with Crippen LogP contribution in [0.4, 0.5) is 5.69 Å². The topological polar surface area (TPSA) is 32.3 Å². The number of nitrogens with zero attached hydrogens (tertiary/aromatic N) is 1. The smallest absolute Gasteiger partial charge is 0.228 e. The Balaban J connectivity index is 2.01. The molecule has 17 heavy (non-hydrogen) atoms. The molecule has 0 bridgehead atoms. The number of carbonyl (C=O) groups is 1. The van der Waals surface area contributed by atoms with Gasteiger partial charge in [-0.3, -0.25) is 4.79 Å². The van der Waals surface area contributed by atoms with Gasteiger partial charge in [0.2, 0.25) is 5.91 Å². The molecule has 0 saturated carbocycles. The van der Waals surface area contributed by atoms with E-state index in [-0.39, 0.29) is 5.91 Å². The molecular weight excluding hydrogens is 212 g/mol. The summed E-state index contributed by atoms with van der Waals surface area (Å²) in [6.45, 7) is 3.08. The first-order valence-corrected chi connectivity index (χ1v) is 6.24. The van der Waals surface area contributed by atoms with Crippen molar-refractivity contribution in [1.29, 1.82) is 0 Å². The van der Waals surface area contributed by atoms with Gasteiger partial charge in [0.25, 0.3) is 0 Å². The average Bonchev–Trinajstić information content (AvgIpc) is 2.81. The third-order valence-electron chi connectivity index (χ3n) is 3.43. The van der Waals surface area contributed by atoms with E-state index >= 15 is 0 Å². The van der Waals surface area contributed by atoms with Crippen LogP contribution in [0.3, 0.4) is 0 Å². The monoisotopic (exact) mass is 232 g/mol. The summed E-state index contributed by atoms with van der Waals surface area (Å²) in [4.78, 5) is 13.9. The molecule has 0 aromatic heterocycles. The zero-order valence-corrected chi connectivity index (χ0v) is 10.6. The number of carbonyl (C=O) groups excluding carboxylic acids is 1. The van der Waals surface area contributed by atoms with Crippen molar-refractivity contribution in [3.8, 4) is 0 Å². The molecule has 1 aliphatic rings. The lowest BCUT2D eigenvalue weighted by Crippen LogP contribution is -2.33. The van der Waals surface area contributed by atoms with E-state index < -0.39 is 0 Å². The fraction of sp³-hybridized carbons (Fsp3) is 0.500. The Hall–Kier alpha value is -1.35. The Kier molecular flexibility index (Phi) is 3.79. The van der Waals surface area contributed by atoms with Gasteiger partial charge in [-0.25, -0.2) is 0 Å². The number of aryl methyl sites for hydroxylation is 1. The number of rotatable bonds is 3. The maximum absolute atomic E-state index is 12.1. The Morgan fingerprint density at radius 3 is 2.88 bits per heavy atom. The van der Waals surface area contributed by atoms with Crippen LogP contribution in [-0.2, 0) is 4.79 Å². The van der Waals surface area contributed by atoms with Crippen molar-refractivity contribution in [2.24, 2.45) is 0 Å². The summed E-state index contributed by atoms with van der Waals surface area (Å²) in [5.41, 5.74) is 2.15. The number of benzene rings is 1. The quantitative estimate of drug-likeness (QED) is 0.865. The first-order chi connectivity index (χ1) is 8.18. The van der Waals surface area contributed by atoms with E-state index in [2.05, 4.69) is 5.32 Å². The van der Waals surface area contributed by atoms with Crippen LogP contribution in [0.15, 0.2) is 24.3 Å². The summed E-state index contributed by atoms with van der Waals surface area (Å²) in [5.74, 6) is 0.193. The highest BCUT2D eigenvalue weighted by Crippen LogP contribution is 2.19. The summed E-state index contributed by atoms with van der Waals surface area (Å²) >= 11 is 0. The van der Waals surface area contributed by atoms with Crippen molar-refractivity contribution in [2.45, 2.75) is 32.2 Å². The summed E-state index contributed by atoms with van der Waals surface area (Å²) in [5, 5.41) is 3.36. The predicted molar refractivity (Wildman–Crippen MR) is 70.2 cm³/mol. The molecular formula is C14H20N2O. The summed E-state index contributed by atoms with van der Waals surface area (Å²) < 4.78 is 0. The van der Waals surface area contributed by atoms with Crippen molar-refractivity contribution in [2.75, 3.05) is 18.5 Å². The highest BCUT2D eigenvalue weighted by molar-refractivity contribution is 5.93. The Morgan fingerprint density at radius 1 is 1.47 bits per heavy atom. The predicted octanol–water partition coefficient (Wildman–Crippen LogP) is 2.10. The van der Waals surface area contributed by atoms with Gasteiger partial charge in [0.05, 0.1) is 0 Å². The SMILES string of the molecule is Cc1ccccc1N(C)C(=O)CC1CCCN1. The molecule has 0 radical (unpaired) electrons. The van der Waals surface area contributed by atoms with Gasteiger partial charge in [0.1, 0.15) is 0 Å². The number of para-hydroxylation sites is 1. The van der Waals surface area contributed by atoms with E-state index in [9.17, 15) is 4.79 Å². The van der Waals surface area contributed by atoms with Gasteiger partial charge in [0, 0.05) is 25.2 Å². The van der Waals surface area contributed by atoms with Crippen LogP contribution < -0.4 is 10.2 Å². The second-order valence-electron chi connectivity index (χ2n) is 4.74. The first-order valence-electron chi connectivity index (χ1n) is 6.24. The Morgan fingerprint density at radius 2 is 2.24 bits per heavy atom. The molecule has 1 saturated heterocycles. The number of hydrogen-bond donors (Lipinski definition) is 1. The lowest BCUT2D eigenvalue weighted by atomic mass is 10.1. The fourth-order valence-corrected chi connectivity index (χ4v) is 2.35. The molecule has 0 aliphatic carbocycles. The van der Waals surface area contributed by atoms with Gasteiger partial charge < -0.3 is 10.2 Å². The van der Waals surface area contributed by atoms with Crippen molar-refractivity contribution in [1.82, 2.24) is 5.32 Å². The number of nitrogens with one attached hydrogen (secondary N) is 1. The van der Waals surface area contributed by atoms with Crippen LogP contribution in [0.1, 0.15) is 24.8 Å². The van der Waals surface area contributed by atoms with Gasteiger partial charge in [0.15, 0.2) is 0 Å². The summed E-state index contributed by atoms with van der Waals surface area (Å²) in [6.07, 6.45) is 2.91. The van der Waals surface area contributed by atoms with Gasteiger partial charge in [-0.05, 0) is 37.9 Å². The second-order valence-corrected chi connectivity index (χ2v) is 4.74. The molecule has 1 fully saturated rings. The van der Waals surface area contributed by atoms with Crippen LogP contribution in [0, 0.1) is 6.92 Å². The largest absolute Gasteiger partial charge is 0.315 e. The van der Waals surface area contributed by atoms with Crippen molar-refractivity contribution < 1.29 is 4.79 Å². The molecule has 1 unspecified atom stereocenters. The standard InChI is InChI=1S/C14H20N2O/c1-11-6-3-4-8-13(11)16(2)14(17)10-12-7-5-9-15-12/h3-4,6,8,12,15H,5,7,9-10H2,1-2H3. The van der Waals surface area contributed by atoms with Crippen molar-refractivity contribution >= 4 is 11.6 Å². The highest BCUT2D eigenvalue weighted by Gasteiger charge is 2.20. The third kappa shape index (κ3) is 2.86. The molecule has 1 aliphatic heterocycles. The zero-order valence-electron chi connectivity index (χ0n) is 10.6. The van der Waals surface area contributed by atoms with E-state index in [1.54, 1.807) is 4.90 Å². The second kappa shape index (κ2) is 5.32. The number of amides is 1. The number of anilines is 1. The van der Waals surface area contributed by atoms with E-state index in [1.807, 2.05) is 38.2 Å².